The van der Waals surface area contributed by atoms with Crippen molar-refractivity contribution < 1.29 is 14.8 Å². The van der Waals surface area contributed by atoms with Crippen molar-refractivity contribution in [2.45, 2.75) is 32.7 Å². The Balaban J connectivity index is 2.32. The van der Waals surface area contributed by atoms with Crippen LogP contribution in [0.5, 0.6) is 5.75 Å². The van der Waals surface area contributed by atoms with E-state index in [1.54, 1.807) is 24.3 Å². The van der Waals surface area contributed by atoms with Crippen molar-refractivity contribution in [3.8, 4) is 5.75 Å². The molecule has 1 unspecified atom stereocenters. The molecule has 1 aromatic carbocycles. The van der Waals surface area contributed by atoms with Crippen LogP contribution >= 0.6 is 0 Å². The fourth-order valence-electron chi connectivity index (χ4n) is 1.90. The molecule has 19 heavy (non-hydrogen) atoms. The maximum Gasteiger partial charge on any atom is 0.488 e. The molecule has 0 aliphatic carbocycles. The Bertz CT molecular complexity index is 356. The van der Waals surface area contributed by atoms with Crippen molar-refractivity contribution in [3.63, 3.8) is 0 Å². The van der Waals surface area contributed by atoms with Crippen LogP contribution in [0.1, 0.15) is 26.7 Å². The Hall–Kier alpha value is -1.04. The minimum absolute atomic E-state index is 0.473. The molecule has 0 saturated carbocycles. The highest BCUT2D eigenvalue weighted by Crippen LogP contribution is 2.08. The summed E-state index contributed by atoms with van der Waals surface area (Å²) >= 11 is 0. The molecule has 0 spiro atoms. The van der Waals surface area contributed by atoms with Gasteiger partial charge in [0.2, 0.25) is 0 Å². The van der Waals surface area contributed by atoms with Gasteiger partial charge in [-0.1, -0.05) is 25.5 Å². The van der Waals surface area contributed by atoms with Crippen molar-refractivity contribution in [2.75, 3.05) is 20.2 Å². The van der Waals surface area contributed by atoms with Crippen LogP contribution in [-0.4, -0.2) is 48.3 Å². The van der Waals surface area contributed by atoms with E-state index >= 15 is 0 Å². The van der Waals surface area contributed by atoms with Gasteiger partial charge in [0, 0.05) is 12.6 Å². The number of nitrogens with zero attached hydrogens (tertiary/aromatic N) is 1. The van der Waals surface area contributed by atoms with Gasteiger partial charge in [0.25, 0.3) is 0 Å². The summed E-state index contributed by atoms with van der Waals surface area (Å²) in [4.78, 5) is 2.29. The molecular formula is C14H24BNO3. The smallest absolute Gasteiger partial charge is 0.488 e. The molecule has 0 amide bonds. The van der Waals surface area contributed by atoms with Gasteiger partial charge in [-0.25, -0.2) is 0 Å². The summed E-state index contributed by atoms with van der Waals surface area (Å²) in [5.41, 5.74) is 0.473. The lowest BCUT2D eigenvalue weighted by Crippen LogP contribution is -2.32. The number of rotatable bonds is 8. The maximum absolute atomic E-state index is 8.98. The molecular weight excluding hydrogens is 241 g/mol. The molecule has 1 atom stereocenters. The minimum Gasteiger partial charge on any atom is -0.492 e. The standard InChI is InChI=1S/C14H24BNO3/c1-4-5-12(2)16(3)10-11-19-14-8-6-13(7-9-14)15(17)18/h6-9,12,17-18H,4-5,10-11H2,1-3H3. The summed E-state index contributed by atoms with van der Waals surface area (Å²) in [7, 11) is 0.685. The van der Waals surface area contributed by atoms with E-state index in [4.69, 9.17) is 14.8 Å². The number of hydrogen-bond acceptors (Lipinski definition) is 4. The molecule has 4 nitrogen and oxygen atoms in total. The minimum atomic E-state index is -1.42. The number of ether oxygens (including phenoxy) is 1. The van der Waals surface area contributed by atoms with Gasteiger partial charge in [0.15, 0.2) is 0 Å². The molecule has 1 rings (SSSR count). The monoisotopic (exact) mass is 265 g/mol. The third-order valence-electron chi connectivity index (χ3n) is 3.35. The highest BCUT2D eigenvalue weighted by Gasteiger charge is 2.10. The summed E-state index contributed by atoms with van der Waals surface area (Å²) in [6.45, 7) is 5.93. The first kappa shape index (κ1) is 16.0. The molecule has 0 saturated heterocycles. The third-order valence-corrected chi connectivity index (χ3v) is 3.35. The SMILES string of the molecule is CCCC(C)N(C)CCOc1ccc(B(O)O)cc1. The van der Waals surface area contributed by atoms with E-state index < -0.39 is 7.12 Å². The first-order chi connectivity index (χ1) is 9.04. The molecule has 0 radical (unpaired) electrons. The first-order valence-corrected chi connectivity index (χ1v) is 6.83. The van der Waals surface area contributed by atoms with Gasteiger partial charge >= 0.3 is 7.12 Å². The lowest BCUT2D eigenvalue weighted by molar-refractivity contribution is 0.193. The molecule has 5 heteroatoms. The topological polar surface area (TPSA) is 52.9 Å². The van der Waals surface area contributed by atoms with Crippen molar-refractivity contribution in [3.05, 3.63) is 24.3 Å². The second-order valence-corrected chi connectivity index (χ2v) is 4.91. The van der Waals surface area contributed by atoms with Crippen LogP contribution in [0.3, 0.4) is 0 Å². The van der Waals surface area contributed by atoms with E-state index in [0.29, 0.717) is 18.1 Å². The van der Waals surface area contributed by atoms with Gasteiger partial charge in [0.1, 0.15) is 12.4 Å². The lowest BCUT2D eigenvalue weighted by atomic mass is 9.80. The van der Waals surface area contributed by atoms with Gasteiger partial charge in [-0.3, -0.25) is 0 Å². The van der Waals surface area contributed by atoms with Crippen molar-refractivity contribution in [2.24, 2.45) is 0 Å². The average Bonchev–Trinajstić information content (AvgIpc) is 2.39. The largest absolute Gasteiger partial charge is 0.492 e. The number of benzene rings is 1. The Morgan fingerprint density at radius 2 is 1.89 bits per heavy atom. The van der Waals surface area contributed by atoms with Gasteiger partial charge in [-0.05, 0) is 38.0 Å². The predicted octanol–water partition coefficient (Wildman–Crippen LogP) is 0.866. The molecule has 0 aromatic heterocycles. The van der Waals surface area contributed by atoms with Crippen molar-refractivity contribution in [1.82, 2.24) is 4.90 Å². The molecule has 2 N–H and O–H groups in total. The lowest BCUT2D eigenvalue weighted by Gasteiger charge is -2.24. The van der Waals surface area contributed by atoms with Crippen LogP contribution in [0.4, 0.5) is 0 Å². The molecule has 0 fully saturated rings. The Morgan fingerprint density at radius 1 is 1.26 bits per heavy atom. The van der Waals surface area contributed by atoms with E-state index in [0.717, 1.165) is 12.3 Å². The van der Waals surface area contributed by atoms with Crippen molar-refractivity contribution in [1.29, 1.82) is 0 Å². The van der Waals surface area contributed by atoms with Crippen LogP contribution in [-0.2, 0) is 0 Å². The summed E-state index contributed by atoms with van der Waals surface area (Å²) < 4.78 is 5.63. The van der Waals surface area contributed by atoms with Gasteiger partial charge in [0.05, 0.1) is 0 Å². The van der Waals surface area contributed by atoms with Crippen LogP contribution in [0, 0.1) is 0 Å². The first-order valence-electron chi connectivity index (χ1n) is 6.83. The zero-order chi connectivity index (χ0) is 14.3. The highest BCUT2D eigenvalue weighted by molar-refractivity contribution is 6.58. The zero-order valence-corrected chi connectivity index (χ0v) is 12.0. The van der Waals surface area contributed by atoms with Crippen LogP contribution in [0.15, 0.2) is 24.3 Å². The highest BCUT2D eigenvalue weighted by atomic mass is 16.5. The second-order valence-electron chi connectivity index (χ2n) is 4.91. The molecule has 0 bridgehead atoms. The fraction of sp³-hybridized carbons (Fsp3) is 0.571. The molecule has 0 heterocycles. The number of hydrogen-bond donors (Lipinski definition) is 2. The Morgan fingerprint density at radius 3 is 2.42 bits per heavy atom. The number of likely N-dealkylation sites (N-methyl/N-ethyl adjacent to an activating group) is 1. The summed E-state index contributed by atoms with van der Waals surface area (Å²) in [6.07, 6.45) is 2.39. The molecule has 106 valence electrons. The predicted molar refractivity (Wildman–Crippen MR) is 78.8 cm³/mol. The summed E-state index contributed by atoms with van der Waals surface area (Å²) in [6, 6.07) is 7.39. The van der Waals surface area contributed by atoms with Gasteiger partial charge in [-0.2, -0.15) is 0 Å². The average molecular weight is 265 g/mol. The van der Waals surface area contributed by atoms with E-state index in [1.165, 1.54) is 12.8 Å². The quantitative estimate of drug-likeness (QED) is 0.685. The third kappa shape index (κ3) is 5.64. The molecule has 1 aromatic rings. The zero-order valence-electron chi connectivity index (χ0n) is 12.0. The second kappa shape index (κ2) is 8.20. The van der Waals surface area contributed by atoms with Crippen LogP contribution < -0.4 is 10.2 Å². The normalized spacial score (nSPS) is 12.5. The van der Waals surface area contributed by atoms with Crippen molar-refractivity contribution >= 4 is 12.6 Å². The Kier molecular flexibility index (Phi) is 6.91. The van der Waals surface area contributed by atoms with E-state index in [-0.39, 0.29) is 0 Å². The fourth-order valence-corrected chi connectivity index (χ4v) is 1.90. The molecule has 0 aliphatic rings. The molecule has 0 aliphatic heterocycles. The van der Waals surface area contributed by atoms with Crippen LogP contribution in [0.2, 0.25) is 0 Å². The van der Waals surface area contributed by atoms with E-state index in [2.05, 4.69) is 25.8 Å². The van der Waals surface area contributed by atoms with Gasteiger partial charge < -0.3 is 19.7 Å². The van der Waals surface area contributed by atoms with E-state index in [1.807, 2.05) is 0 Å². The van der Waals surface area contributed by atoms with Crippen LogP contribution in [0.25, 0.3) is 0 Å². The maximum atomic E-state index is 8.98. The summed E-state index contributed by atoms with van der Waals surface area (Å²) in [5.74, 6) is 0.751. The Labute approximate surface area is 116 Å². The summed E-state index contributed by atoms with van der Waals surface area (Å²) in [5, 5.41) is 18.0. The van der Waals surface area contributed by atoms with Gasteiger partial charge in [-0.15, -0.1) is 0 Å². The van der Waals surface area contributed by atoms with E-state index in [9.17, 15) is 0 Å².